The summed E-state index contributed by atoms with van der Waals surface area (Å²) in [6.07, 6.45) is 6.06. The van der Waals surface area contributed by atoms with Gasteiger partial charge in [-0.1, -0.05) is 32.1 Å². The van der Waals surface area contributed by atoms with Gasteiger partial charge in [0, 0.05) is 6.07 Å². The maximum absolute atomic E-state index is 13.6. The number of nitrogens with zero attached hydrogens (tertiary/aromatic N) is 1. The van der Waals surface area contributed by atoms with Gasteiger partial charge >= 0.3 is 0 Å². The number of benzene rings is 1. The van der Waals surface area contributed by atoms with Crippen molar-refractivity contribution in [3.63, 3.8) is 0 Å². The summed E-state index contributed by atoms with van der Waals surface area (Å²) < 4.78 is 26.5. The van der Waals surface area contributed by atoms with Crippen molar-refractivity contribution in [2.45, 2.75) is 50.5 Å². The second-order valence-corrected chi connectivity index (χ2v) is 5.54. The second-order valence-electron chi connectivity index (χ2n) is 5.54. The molecule has 0 heterocycles. The van der Waals surface area contributed by atoms with E-state index in [1.54, 1.807) is 0 Å². The van der Waals surface area contributed by atoms with E-state index < -0.39 is 23.1 Å². The lowest BCUT2D eigenvalue weighted by molar-refractivity contribution is 0.0903. The van der Waals surface area contributed by atoms with Crippen molar-refractivity contribution in [2.24, 2.45) is 0 Å². The van der Waals surface area contributed by atoms with E-state index in [1.165, 1.54) is 0 Å². The molecule has 0 atom stereocenters. The Morgan fingerprint density at radius 3 is 2.33 bits per heavy atom. The summed E-state index contributed by atoms with van der Waals surface area (Å²) >= 11 is 0. The highest BCUT2D eigenvalue weighted by molar-refractivity contribution is 5.95. The molecule has 0 aliphatic heterocycles. The van der Waals surface area contributed by atoms with Crippen LogP contribution >= 0.6 is 0 Å². The lowest BCUT2D eigenvalue weighted by Gasteiger charge is -2.29. The molecule has 1 amide bonds. The van der Waals surface area contributed by atoms with Crippen LogP contribution in [0.5, 0.6) is 0 Å². The lowest BCUT2D eigenvalue weighted by atomic mass is 9.85. The molecule has 1 aromatic rings. The van der Waals surface area contributed by atoms with Crippen LogP contribution in [-0.4, -0.2) is 11.4 Å². The molecule has 112 valence electrons. The van der Waals surface area contributed by atoms with Gasteiger partial charge in [0.15, 0.2) is 0 Å². The van der Waals surface area contributed by atoms with Crippen LogP contribution in [0.1, 0.15) is 55.3 Å². The van der Waals surface area contributed by atoms with Gasteiger partial charge in [0.25, 0.3) is 5.91 Å². The first-order chi connectivity index (χ1) is 10.1. The normalized spacial score (nSPS) is 18.1. The fourth-order valence-electron chi connectivity index (χ4n) is 2.73. The van der Waals surface area contributed by atoms with Crippen LogP contribution in [0.3, 0.4) is 0 Å². The molecule has 0 spiro atoms. The van der Waals surface area contributed by atoms with E-state index in [2.05, 4.69) is 11.4 Å². The zero-order valence-electron chi connectivity index (χ0n) is 11.8. The van der Waals surface area contributed by atoms with Crippen molar-refractivity contribution in [1.29, 1.82) is 5.26 Å². The summed E-state index contributed by atoms with van der Waals surface area (Å²) in [5.74, 6) is -2.30. The monoisotopic (exact) mass is 292 g/mol. The Morgan fingerprint density at radius 1 is 1.14 bits per heavy atom. The van der Waals surface area contributed by atoms with E-state index >= 15 is 0 Å². The van der Waals surface area contributed by atoms with Crippen molar-refractivity contribution < 1.29 is 13.6 Å². The first-order valence-electron chi connectivity index (χ1n) is 7.25. The van der Waals surface area contributed by atoms with Crippen LogP contribution in [0.2, 0.25) is 0 Å². The minimum Gasteiger partial charge on any atom is -0.334 e. The average molecular weight is 292 g/mol. The molecule has 0 saturated heterocycles. The molecule has 1 saturated carbocycles. The van der Waals surface area contributed by atoms with E-state index in [-0.39, 0.29) is 5.56 Å². The molecule has 0 radical (unpaired) electrons. The van der Waals surface area contributed by atoms with Crippen molar-refractivity contribution in [3.8, 4) is 6.07 Å². The zero-order chi connectivity index (χ0) is 15.3. The van der Waals surface area contributed by atoms with E-state index in [1.807, 2.05) is 0 Å². The maximum Gasteiger partial charge on any atom is 0.255 e. The van der Waals surface area contributed by atoms with Gasteiger partial charge < -0.3 is 5.32 Å². The maximum atomic E-state index is 13.6. The van der Waals surface area contributed by atoms with Crippen molar-refractivity contribution >= 4 is 5.91 Å². The fourth-order valence-corrected chi connectivity index (χ4v) is 2.73. The summed E-state index contributed by atoms with van der Waals surface area (Å²) in [7, 11) is 0. The molecule has 1 N–H and O–H groups in total. The summed E-state index contributed by atoms with van der Waals surface area (Å²) in [4.78, 5) is 12.2. The van der Waals surface area contributed by atoms with E-state index in [0.717, 1.165) is 44.2 Å². The van der Waals surface area contributed by atoms with Gasteiger partial charge in [-0.15, -0.1) is 0 Å². The first kappa shape index (κ1) is 15.4. The van der Waals surface area contributed by atoms with Crippen LogP contribution in [0, 0.1) is 23.0 Å². The van der Waals surface area contributed by atoms with E-state index in [0.29, 0.717) is 18.9 Å². The van der Waals surface area contributed by atoms with Gasteiger partial charge in [-0.2, -0.15) is 5.26 Å². The molecule has 0 aromatic heterocycles. The Labute approximate surface area is 123 Å². The van der Waals surface area contributed by atoms with E-state index in [9.17, 15) is 18.8 Å². The summed E-state index contributed by atoms with van der Waals surface area (Å²) in [5, 5.41) is 12.1. The minimum atomic E-state index is -0.946. The predicted molar refractivity (Wildman–Crippen MR) is 74.5 cm³/mol. The third kappa shape index (κ3) is 3.78. The number of rotatable bonds is 2. The van der Waals surface area contributed by atoms with Gasteiger partial charge in [0.2, 0.25) is 0 Å². The van der Waals surface area contributed by atoms with Gasteiger partial charge in [-0.25, -0.2) is 8.78 Å². The molecular weight excluding hydrogens is 274 g/mol. The highest BCUT2D eigenvalue weighted by Crippen LogP contribution is 2.26. The van der Waals surface area contributed by atoms with Gasteiger partial charge in [-0.05, 0) is 25.0 Å². The quantitative estimate of drug-likeness (QED) is 0.903. The number of nitriles is 1. The third-order valence-corrected chi connectivity index (χ3v) is 3.95. The summed E-state index contributed by atoms with van der Waals surface area (Å²) in [6, 6.07) is 5.00. The first-order valence-corrected chi connectivity index (χ1v) is 7.25. The Morgan fingerprint density at radius 2 is 1.76 bits per heavy atom. The molecule has 21 heavy (non-hydrogen) atoms. The number of nitrogens with one attached hydrogen (secondary N) is 1. The van der Waals surface area contributed by atoms with Gasteiger partial charge in [0.05, 0.1) is 11.6 Å². The zero-order valence-corrected chi connectivity index (χ0v) is 11.8. The second kappa shape index (κ2) is 6.66. The highest BCUT2D eigenvalue weighted by Gasteiger charge is 2.32. The Kier molecular flexibility index (Phi) is 4.89. The molecule has 0 unspecified atom stereocenters. The van der Waals surface area contributed by atoms with Crippen LogP contribution < -0.4 is 5.32 Å². The topological polar surface area (TPSA) is 52.9 Å². The molecule has 1 aromatic carbocycles. The minimum absolute atomic E-state index is 0.229. The largest absolute Gasteiger partial charge is 0.334 e. The van der Waals surface area contributed by atoms with Crippen LogP contribution in [-0.2, 0) is 0 Å². The Bertz CT molecular complexity index is 558. The smallest absolute Gasteiger partial charge is 0.255 e. The lowest BCUT2D eigenvalue weighted by Crippen LogP contribution is -2.48. The van der Waals surface area contributed by atoms with Crippen molar-refractivity contribution in [1.82, 2.24) is 5.32 Å². The molecule has 1 aliphatic carbocycles. The fraction of sp³-hybridized carbons (Fsp3) is 0.500. The van der Waals surface area contributed by atoms with Crippen LogP contribution in [0.4, 0.5) is 8.78 Å². The number of hydrogen-bond acceptors (Lipinski definition) is 2. The molecule has 3 nitrogen and oxygen atoms in total. The summed E-state index contributed by atoms with van der Waals surface area (Å²) in [6.45, 7) is 0. The number of halogens is 2. The average Bonchev–Trinajstić information content (AvgIpc) is 2.42. The van der Waals surface area contributed by atoms with Crippen LogP contribution in [0.15, 0.2) is 18.2 Å². The number of amides is 1. The molecule has 1 fully saturated rings. The SMILES string of the molecule is N#CC1(NC(=O)c2ccc(F)cc2F)CCCCCCC1. The van der Waals surface area contributed by atoms with E-state index in [4.69, 9.17) is 0 Å². The number of hydrogen-bond donors (Lipinski definition) is 1. The summed E-state index contributed by atoms with van der Waals surface area (Å²) in [5.41, 5.74) is -1.17. The predicted octanol–water partition coefficient (Wildman–Crippen LogP) is 3.70. The Balaban J connectivity index is 2.16. The standard InChI is InChI=1S/C16H18F2N2O/c17-12-6-7-13(14(18)10-12)15(21)20-16(11-19)8-4-2-1-3-5-9-16/h6-7,10H,1-5,8-9H2,(H,20,21). The highest BCUT2D eigenvalue weighted by atomic mass is 19.1. The molecular formula is C16H18F2N2O. The Hall–Kier alpha value is -1.96. The third-order valence-electron chi connectivity index (χ3n) is 3.95. The van der Waals surface area contributed by atoms with Gasteiger partial charge in [0.1, 0.15) is 17.2 Å². The molecule has 0 bridgehead atoms. The number of carbonyl (C=O) groups is 1. The molecule has 5 heteroatoms. The van der Waals surface area contributed by atoms with Crippen molar-refractivity contribution in [2.75, 3.05) is 0 Å². The molecule has 2 rings (SSSR count). The van der Waals surface area contributed by atoms with Crippen molar-refractivity contribution in [3.05, 3.63) is 35.4 Å². The van der Waals surface area contributed by atoms with Gasteiger partial charge in [-0.3, -0.25) is 4.79 Å². The molecule has 1 aliphatic rings. The van der Waals surface area contributed by atoms with Crippen LogP contribution in [0.25, 0.3) is 0 Å². The number of carbonyl (C=O) groups excluding carboxylic acids is 1.